The average molecular weight is 290 g/mol. The summed E-state index contributed by atoms with van der Waals surface area (Å²) >= 11 is 0. The summed E-state index contributed by atoms with van der Waals surface area (Å²) in [5.41, 5.74) is 2.26. The Kier molecular flexibility index (Phi) is 9.64. The predicted molar refractivity (Wildman–Crippen MR) is 90.5 cm³/mol. The lowest BCUT2D eigenvalue weighted by molar-refractivity contribution is -0.106. The molecule has 0 saturated heterocycles. The van der Waals surface area contributed by atoms with Gasteiger partial charge in [-0.3, -0.25) is 0 Å². The van der Waals surface area contributed by atoms with Crippen LogP contribution in [0.25, 0.3) is 0 Å². The molecule has 1 N–H and O–H groups in total. The minimum absolute atomic E-state index is 0.306. The summed E-state index contributed by atoms with van der Waals surface area (Å²) in [5, 5.41) is 9.19. The standard InChI is InChI=1S/C11H14.C6H12O.C2H4O/c1-9(2)10(3)11-7-5-4-6-8-11;1-6(7)4-2-3-5-6;1-2-3/h4-8,10H,1H2,2-3H3;7H,2-5H2,1H3;2H,1H3. The van der Waals surface area contributed by atoms with Crippen LogP contribution in [-0.4, -0.2) is 17.0 Å². The molecule has 118 valence electrons. The van der Waals surface area contributed by atoms with E-state index in [9.17, 15) is 5.11 Å². The lowest BCUT2D eigenvalue weighted by Gasteiger charge is -2.12. The first-order valence-corrected chi connectivity index (χ1v) is 7.66. The minimum Gasteiger partial charge on any atom is -0.390 e. The van der Waals surface area contributed by atoms with Gasteiger partial charge in [0.25, 0.3) is 0 Å². The Morgan fingerprint density at radius 2 is 1.71 bits per heavy atom. The molecule has 1 fully saturated rings. The van der Waals surface area contributed by atoms with Gasteiger partial charge in [0.2, 0.25) is 0 Å². The molecule has 1 aliphatic rings. The maximum atomic E-state index is 9.19. The summed E-state index contributed by atoms with van der Waals surface area (Å²) in [6.45, 7) is 11.5. The van der Waals surface area contributed by atoms with Crippen molar-refractivity contribution in [1.82, 2.24) is 0 Å². The van der Waals surface area contributed by atoms with Crippen LogP contribution >= 0.6 is 0 Å². The summed E-state index contributed by atoms with van der Waals surface area (Å²) in [7, 11) is 0. The highest BCUT2D eigenvalue weighted by Gasteiger charge is 2.24. The van der Waals surface area contributed by atoms with E-state index < -0.39 is 0 Å². The zero-order chi connectivity index (χ0) is 16.3. The summed E-state index contributed by atoms with van der Waals surface area (Å²) < 4.78 is 0. The van der Waals surface area contributed by atoms with Crippen molar-refractivity contribution in [3.8, 4) is 0 Å². The van der Waals surface area contributed by atoms with Crippen LogP contribution in [-0.2, 0) is 4.79 Å². The Bertz CT molecular complexity index is 399. The molecular formula is C19H30O2. The van der Waals surface area contributed by atoms with E-state index >= 15 is 0 Å². The van der Waals surface area contributed by atoms with Crippen LogP contribution in [0.4, 0.5) is 0 Å². The summed E-state index contributed by atoms with van der Waals surface area (Å²) in [4.78, 5) is 8.81. The van der Waals surface area contributed by atoms with Gasteiger partial charge in [0.05, 0.1) is 5.60 Å². The molecule has 1 aromatic rings. The lowest BCUT2D eigenvalue weighted by atomic mass is 9.95. The zero-order valence-corrected chi connectivity index (χ0v) is 13.9. The van der Waals surface area contributed by atoms with Crippen molar-refractivity contribution < 1.29 is 9.90 Å². The van der Waals surface area contributed by atoms with Crippen LogP contribution in [0, 0.1) is 0 Å². The zero-order valence-electron chi connectivity index (χ0n) is 13.9. The summed E-state index contributed by atoms with van der Waals surface area (Å²) in [5.74, 6) is 0.483. The summed E-state index contributed by atoms with van der Waals surface area (Å²) in [6, 6.07) is 10.4. The number of benzene rings is 1. The Hall–Kier alpha value is -1.41. The fourth-order valence-corrected chi connectivity index (χ4v) is 2.16. The van der Waals surface area contributed by atoms with Crippen molar-refractivity contribution in [1.29, 1.82) is 0 Å². The quantitative estimate of drug-likeness (QED) is 0.622. The Labute approximate surface area is 129 Å². The molecule has 0 radical (unpaired) electrons. The molecule has 21 heavy (non-hydrogen) atoms. The fraction of sp³-hybridized carbons (Fsp3) is 0.526. The largest absolute Gasteiger partial charge is 0.390 e. The third kappa shape index (κ3) is 9.19. The van der Waals surface area contributed by atoms with Crippen LogP contribution in [0.15, 0.2) is 42.5 Å². The van der Waals surface area contributed by atoms with Gasteiger partial charge in [0.1, 0.15) is 6.29 Å². The van der Waals surface area contributed by atoms with Gasteiger partial charge in [-0.15, -0.1) is 0 Å². The highest BCUT2D eigenvalue weighted by atomic mass is 16.3. The number of aliphatic hydroxyl groups is 1. The Balaban J connectivity index is 0.000000342. The number of allylic oxidation sites excluding steroid dienone is 1. The number of rotatable bonds is 2. The van der Waals surface area contributed by atoms with Crippen molar-refractivity contribution in [3.63, 3.8) is 0 Å². The van der Waals surface area contributed by atoms with E-state index in [-0.39, 0.29) is 5.60 Å². The van der Waals surface area contributed by atoms with E-state index in [4.69, 9.17) is 4.79 Å². The number of hydrogen-bond acceptors (Lipinski definition) is 2. The SMILES string of the molecule is C=C(C)C(C)c1ccccc1.CC1(O)CCCC1.CC=O. The molecule has 0 amide bonds. The molecule has 1 aromatic carbocycles. The molecule has 0 spiro atoms. The molecule has 0 aliphatic heterocycles. The van der Waals surface area contributed by atoms with Crippen molar-refractivity contribution in [2.75, 3.05) is 0 Å². The highest BCUT2D eigenvalue weighted by Crippen LogP contribution is 2.27. The Morgan fingerprint density at radius 1 is 1.29 bits per heavy atom. The van der Waals surface area contributed by atoms with E-state index in [0.717, 1.165) is 19.1 Å². The van der Waals surface area contributed by atoms with E-state index in [0.29, 0.717) is 5.92 Å². The molecule has 1 aliphatic carbocycles. The third-order valence-corrected chi connectivity index (χ3v) is 3.72. The first-order valence-electron chi connectivity index (χ1n) is 7.66. The fourth-order valence-electron chi connectivity index (χ4n) is 2.16. The first-order chi connectivity index (χ1) is 9.84. The monoisotopic (exact) mass is 290 g/mol. The van der Waals surface area contributed by atoms with Gasteiger partial charge in [0.15, 0.2) is 0 Å². The molecule has 2 heteroatoms. The van der Waals surface area contributed by atoms with Crippen LogP contribution in [0.3, 0.4) is 0 Å². The smallest absolute Gasteiger partial charge is 0.116 e. The molecule has 1 unspecified atom stereocenters. The van der Waals surface area contributed by atoms with Crippen molar-refractivity contribution in [2.45, 2.75) is 64.9 Å². The van der Waals surface area contributed by atoms with Gasteiger partial charge >= 0.3 is 0 Å². The number of carbonyl (C=O) groups is 1. The van der Waals surface area contributed by atoms with E-state index in [1.807, 2.05) is 13.0 Å². The van der Waals surface area contributed by atoms with Gasteiger partial charge in [-0.2, -0.15) is 0 Å². The normalized spacial score (nSPS) is 16.6. The van der Waals surface area contributed by atoms with Gasteiger partial charge in [0, 0.05) is 5.92 Å². The third-order valence-electron chi connectivity index (χ3n) is 3.72. The first kappa shape index (κ1) is 19.6. The van der Waals surface area contributed by atoms with Crippen LogP contribution < -0.4 is 0 Å². The van der Waals surface area contributed by atoms with Crippen molar-refractivity contribution >= 4 is 6.29 Å². The predicted octanol–water partition coefficient (Wildman–Crippen LogP) is 4.88. The van der Waals surface area contributed by atoms with Crippen LogP contribution in [0.5, 0.6) is 0 Å². The second-order valence-corrected chi connectivity index (χ2v) is 5.92. The summed E-state index contributed by atoms with van der Waals surface area (Å²) in [6.07, 6.45) is 5.19. The van der Waals surface area contributed by atoms with E-state index in [1.54, 1.807) is 0 Å². The molecule has 2 nitrogen and oxygen atoms in total. The maximum Gasteiger partial charge on any atom is 0.116 e. The highest BCUT2D eigenvalue weighted by molar-refractivity contribution is 5.44. The average Bonchev–Trinajstić information content (AvgIpc) is 2.85. The second-order valence-electron chi connectivity index (χ2n) is 5.92. The van der Waals surface area contributed by atoms with Gasteiger partial charge < -0.3 is 9.90 Å². The van der Waals surface area contributed by atoms with E-state index in [1.165, 1.54) is 30.9 Å². The van der Waals surface area contributed by atoms with Crippen LogP contribution in [0.2, 0.25) is 0 Å². The van der Waals surface area contributed by atoms with Gasteiger partial charge in [-0.1, -0.05) is 62.2 Å². The lowest BCUT2D eigenvalue weighted by Crippen LogP contribution is -2.17. The topological polar surface area (TPSA) is 37.3 Å². The number of aldehydes is 1. The Morgan fingerprint density at radius 3 is 2.00 bits per heavy atom. The molecule has 1 atom stereocenters. The minimum atomic E-state index is -0.306. The van der Waals surface area contributed by atoms with Crippen molar-refractivity contribution in [3.05, 3.63) is 48.0 Å². The second kappa shape index (κ2) is 10.3. The van der Waals surface area contributed by atoms with Gasteiger partial charge in [-0.05, 0) is 39.2 Å². The molecule has 0 heterocycles. The molecule has 0 aromatic heterocycles. The maximum absolute atomic E-state index is 9.19. The number of hydrogen-bond donors (Lipinski definition) is 1. The molecular weight excluding hydrogens is 260 g/mol. The van der Waals surface area contributed by atoms with Gasteiger partial charge in [-0.25, -0.2) is 0 Å². The van der Waals surface area contributed by atoms with E-state index in [2.05, 4.69) is 44.7 Å². The molecule has 1 saturated carbocycles. The van der Waals surface area contributed by atoms with Crippen molar-refractivity contribution in [2.24, 2.45) is 0 Å². The van der Waals surface area contributed by atoms with Crippen LogP contribution in [0.1, 0.15) is 64.9 Å². The number of carbonyl (C=O) groups excluding carboxylic acids is 1. The molecule has 2 rings (SSSR count). The molecule has 0 bridgehead atoms.